The smallest absolute Gasteiger partial charge is 0.338 e. The summed E-state index contributed by atoms with van der Waals surface area (Å²) >= 11 is 0. The van der Waals surface area contributed by atoms with Crippen LogP contribution >= 0.6 is 0 Å². The molecule has 0 bridgehead atoms. The van der Waals surface area contributed by atoms with Gasteiger partial charge < -0.3 is 14.8 Å². The number of rotatable bonds is 6. The van der Waals surface area contributed by atoms with Gasteiger partial charge in [-0.2, -0.15) is 4.31 Å². The number of hydrogen-bond acceptors (Lipinski definition) is 6. The van der Waals surface area contributed by atoms with Crippen molar-refractivity contribution in [1.82, 2.24) is 4.31 Å². The van der Waals surface area contributed by atoms with E-state index in [1.807, 2.05) is 6.92 Å². The molecule has 0 radical (unpaired) electrons. The van der Waals surface area contributed by atoms with Crippen LogP contribution in [0.2, 0.25) is 0 Å². The first-order chi connectivity index (χ1) is 14.3. The van der Waals surface area contributed by atoms with Crippen molar-refractivity contribution < 1.29 is 27.5 Å². The van der Waals surface area contributed by atoms with Crippen LogP contribution in [0.5, 0.6) is 0 Å². The molecule has 1 heterocycles. The standard InChI is InChI=1S/C21H24N2O6S/c1-15-3-6-17(7-4-15)21(25)29-14-20(24)22-19-13-18(8-5-16(19)2)30(26,27)23-9-11-28-12-10-23/h3-8,13H,9-12,14H2,1-2H3,(H,22,24). The SMILES string of the molecule is Cc1ccc(C(=O)OCC(=O)Nc2cc(S(=O)(=O)N3CCOCC3)ccc2C)cc1. The van der Waals surface area contributed by atoms with E-state index in [4.69, 9.17) is 9.47 Å². The van der Waals surface area contributed by atoms with E-state index in [0.29, 0.717) is 30.0 Å². The maximum Gasteiger partial charge on any atom is 0.338 e. The van der Waals surface area contributed by atoms with Crippen LogP contribution in [0.1, 0.15) is 21.5 Å². The number of nitrogens with one attached hydrogen (secondary N) is 1. The summed E-state index contributed by atoms with van der Waals surface area (Å²) in [5.41, 5.74) is 2.39. The van der Waals surface area contributed by atoms with Gasteiger partial charge in [-0.1, -0.05) is 23.8 Å². The summed E-state index contributed by atoms with van der Waals surface area (Å²) in [6, 6.07) is 11.4. The van der Waals surface area contributed by atoms with Gasteiger partial charge in [-0.05, 0) is 43.7 Å². The molecule has 0 saturated carbocycles. The van der Waals surface area contributed by atoms with Crippen LogP contribution < -0.4 is 5.32 Å². The molecule has 9 heteroatoms. The second-order valence-electron chi connectivity index (χ2n) is 6.98. The first-order valence-electron chi connectivity index (χ1n) is 9.49. The van der Waals surface area contributed by atoms with E-state index >= 15 is 0 Å². The number of morpholine rings is 1. The molecule has 8 nitrogen and oxygen atoms in total. The Morgan fingerprint density at radius 3 is 2.40 bits per heavy atom. The lowest BCUT2D eigenvalue weighted by Gasteiger charge is -2.26. The van der Waals surface area contributed by atoms with Gasteiger partial charge in [0.2, 0.25) is 10.0 Å². The van der Waals surface area contributed by atoms with Crippen molar-refractivity contribution in [1.29, 1.82) is 0 Å². The number of carbonyl (C=O) groups excluding carboxylic acids is 2. The largest absolute Gasteiger partial charge is 0.452 e. The molecule has 3 rings (SSSR count). The third kappa shape index (κ3) is 5.24. The molecule has 160 valence electrons. The molecule has 1 saturated heterocycles. The number of esters is 1. The Morgan fingerprint density at radius 1 is 1.07 bits per heavy atom. The summed E-state index contributed by atoms with van der Waals surface area (Å²) in [5.74, 6) is -1.16. The molecular formula is C21H24N2O6S. The molecule has 2 aromatic rings. The zero-order valence-electron chi connectivity index (χ0n) is 16.9. The predicted molar refractivity (Wildman–Crippen MR) is 111 cm³/mol. The molecular weight excluding hydrogens is 408 g/mol. The number of anilines is 1. The Bertz CT molecular complexity index is 1030. The molecule has 30 heavy (non-hydrogen) atoms. The first-order valence-corrected chi connectivity index (χ1v) is 10.9. The van der Waals surface area contributed by atoms with Crippen LogP contribution in [0.25, 0.3) is 0 Å². The summed E-state index contributed by atoms with van der Waals surface area (Å²) < 4.78 is 37.2. The lowest BCUT2D eigenvalue weighted by molar-refractivity contribution is -0.119. The van der Waals surface area contributed by atoms with Crippen molar-refractivity contribution in [2.75, 3.05) is 38.2 Å². The molecule has 0 atom stereocenters. The molecule has 2 aromatic carbocycles. The molecule has 0 aliphatic carbocycles. The van der Waals surface area contributed by atoms with Crippen molar-refractivity contribution in [3.63, 3.8) is 0 Å². The Hall–Kier alpha value is -2.75. The Balaban J connectivity index is 1.65. The van der Waals surface area contributed by atoms with Crippen LogP contribution in [0.3, 0.4) is 0 Å². The zero-order chi connectivity index (χ0) is 21.7. The van der Waals surface area contributed by atoms with Crippen LogP contribution in [-0.2, 0) is 24.3 Å². The van der Waals surface area contributed by atoms with Crippen LogP contribution in [0.15, 0.2) is 47.4 Å². The van der Waals surface area contributed by atoms with Gasteiger partial charge in [0.15, 0.2) is 6.61 Å². The average Bonchev–Trinajstić information content (AvgIpc) is 2.74. The first kappa shape index (κ1) is 21.9. The fraction of sp³-hybridized carbons (Fsp3) is 0.333. The van der Waals surface area contributed by atoms with E-state index in [1.165, 1.54) is 16.4 Å². The van der Waals surface area contributed by atoms with Crippen molar-refractivity contribution in [2.45, 2.75) is 18.7 Å². The number of benzene rings is 2. The van der Waals surface area contributed by atoms with Gasteiger partial charge in [0, 0.05) is 18.8 Å². The number of aryl methyl sites for hydroxylation is 2. The quantitative estimate of drug-likeness (QED) is 0.702. The molecule has 1 fully saturated rings. The van der Waals surface area contributed by atoms with Crippen molar-refractivity contribution in [3.8, 4) is 0 Å². The Kier molecular flexibility index (Phi) is 6.86. The molecule has 1 aliphatic rings. The summed E-state index contributed by atoms with van der Waals surface area (Å²) in [4.78, 5) is 24.4. The minimum Gasteiger partial charge on any atom is -0.452 e. The molecule has 1 N–H and O–H groups in total. The Morgan fingerprint density at radius 2 is 1.73 bits per heavy atom. The number of sulfonamides is 1. The van der Waals surface area contributed by atoms with Gasteiger partial charge in [0.1, 0.15) is 0 Å². The summed E-state index contributed by atoms with van der Waals surface area (Å²) in [6.45, 7) is 4.44. The summed E-state index contributed by atoms with van der Waals surface area (Å²) in [7, 11) is -3.69. The highest BCUT2D eigenvalue weighted by Gasteiger charge is 2.27. The highest BCUT2D eigenvalue weighted by molar-refractivity contribution is 7.89. The molecule has 0 aromatic heterocycles. The third-order valence-electron chi connectivity index (χ3n) is 4.71. The van der Waals surface area contributed by atoms with Crippen LogP contribution in [0, 0.1) is 13.8 Å². The van der Waals surface area contributed by atoms with E-state index in [9.17, 15) is 18.0 Å². The molecule has 1 aliphatic heterocycles. The van der Waals surface area contributed by atoms with Gasteiger partial charge in [-0.3, -0.25) is 4.79 Å². The monoisotopic (exact) mass is 432 g/mol. The predicted octanol–water partition coefficient (Wildman–Crippen LogP) is 2.12. The van der Waals surface area contributed by atoms with Gasteiger partial charge in [-0.25, -0.2) is 13.2 Å². The van der Waals surface area contributed by atoms with Crippen LogP contribution in [-0.4, -0.2) is 57.5 Å². The van der Waals surface area contributed by atoms with E-state index in [0.717, 1.165) is 5.56 Å². The average molecular weight is 432 g/mol. The van der Waals surface area contributed by atoms with Crippen LogP contribution in [0.4, 0.5) is 5.69 Å². The number of nitrogens with zero attached hydrogens (tertiary/aromatic N) is 1. The number of carbonyl (C=O) groups is 2. The highest BCUT2D eigenvalue weighted by atomic mass is 32.2. The van der Waals surface area contributed by atoms with Crippen molar-refractivity contribution in [2.24, 2.45) is 0 Å². The van der Waals surface area contributed by atoms with Crippen molar-refractivity contribution >= 4 is 27.6 Å². The highest BCUT2D eigenvalue weighted by Crippen LogP contribution is 2.23. The summed E-state index contributed by atoms with van der Waals surface area (Å²) in [5, 5.41) is 2.62. The van der Waals surface area contributed by atoms with E-state index in [-0.39, 0.29) is 18.0 Å². The van der Waals surface area contributed by atoms with E-state index in [1.54, 1.807) is 37.3 Å². The minimum absolute atomic E-state index is 0.0851. The van der Waals surface area contributed by atoms with E-state index in [2.05, 4.69) is 5.32 Å². The van der Waals surface area contributed by atoms with Gasteiger partial charge in [-0.15, -0.1) is 0 Å². The fourth-order valence-electron chi connectivity index (χ4n) is 2.92. The topological polar surface area (TPSA) is 102 Å². The van der Waals surface area contributed by atoms with Gasteiger partial charge in [0.05, 0.1) is 23.7 Å². The minimum atomic E-state index is -3.69. The lowest BCUT2D eigenvalue weighted by Crippen LogP contribution is -2.40. The zero-order valence-corrected chi connectivity index (χ0v) is 17.7. The molecule has 0 unspecified atom stereocenters. The summed E-state index contributed by atoms with van der Waals surface area (Å²) in [6.07, 6.45) is 0. The van der Waals surface area contributed by atoms with Crippen molar-refractivity contribution in [3.05, 3.63) is 59.2 Å². The lowest BCUT2D eigenvalue weighted by atomic mass is 10.1. The van der Waals surface area contributed by atoms with Gasteiger partial charge >= 0.3 is 5.97 Å². The maximum atomic E-state index is 12.8. The number of amides is 1. The fourth-order valence-corrected chi connectivity index (χ4v) is 4.36. The second kappa shape index (κ2) is 9.38. The number of ether oxygens (including phenoxy) is 2. The third-order valence-corrected chi connectivity index (χ3v) is 6.61. The van der Waals surface area contributed by atoms with Gasteiger partial charge in [0.25, 0.3) is 5.91 Å². The molecule has 1 amide bonds. The maximum absolute atomic E-state index is 12.8. The molecule has 0 spiro atoms. The van der Waals surface area contributed by atoms with E-state index < -0.39 is 28.5 Å². The second-order valence-corrected chi connectivity index (χ2v) is 8.92. The number of hydrogen-bond donors (Lipinski definition) is 1. The Labute approximate surface area is 175 Å². The normalized spacial score (nSPS) is 14.9.